The van der Waals surface area contributed by atoms with Crippen LogP contribution in [0.15, 0.2) is 54.6 Å². The summed E-state index contributed by atoms with van der Waals surface area (Å²) >= 11 is 0. The maximum Gasteiger partial charge on any atom is 0.291 e. The minimum Gasteiger partial charge on any atom is -0.489 e. The number of ether oxygens (including phenoxy) is 1. The van der Waals surface area contributed by atoms with Gasteiger partial charge in [-0.25, -0.2) is 9.67 Å². The van der Waals surface area contributed by atoms with Gasteiger partial charge < -0.3 is 15.0 Å². The van der Waals surface area contributed by atoms with Crippen molar-refractivity contribution < 1.29 is 14.3 Å². The summed E-state index contributed by atoms with van der Waals surface area (Å²) in [5.41, 5.74) is 1.75. The number of rotatable bonds is 3. The van der Waals surface area contributed by atoms with Crippen molar-refractivity contribution in [3.05, 3.63) is 71.8 Å². The van der Waals surface area contributed by atoms with Gasteiger partial charge in [-0.2, -0.15) is 0 Å². The first kappa shape index (κ1) is 20.2. The van der Waals surface area contributed by atoms with Gasteiger partial charge in [-0.15, -0.1) is 5.10 Å². The summed E-state index contributed by atoms with van der Waals surface area (Å²) < 4.78 is 7.56. The zero-order valence-corrected chi connectivity index (χ0v) is 17.9. The maximum atomic E-state index is 13.0. The van der Waals surface area contributed by atoms with E-state index >= 15 is 0 Å². The molecule has 5 rings (SSSR count). The van der Waals surface area contributed by atoms with E-state index in [2.05, 4.69) is 20.3 Å². The molecule has 2 aliphatic heterocycles. The van der Waals surface area contributed by atoms with Crippen LogP contribution in [-0.4, -0.2) is 64.8 Å². The van der Waals surface area contributed by atoms with Gasteiger partial charge in [-0.1, -0.05) is 42.5 Å². The Morgan fingerprint density at radius 1 is 1.06 bits per heavy atom. The molecule has 32 heavy (non-hydrogen) atoms. The molecule has 0 saturated heterocycles. The Balaban J connectivity index is 1.38. The van der Waals surface area contributed by atoms with E-state index in [0.29, 0.717) is 23.8 Å². The van der Waals surface area contributed by atoms with Crippen LogP contribution in [0.2, 0.25) is 0 Å². The molecule has 0 aliphatic carbocycles. The Labute approximate surface area is 185 Å². The molecule has 9 heteroatoms. The molecule has 0 radical (unpaired) electrons. The van der Waals surface area contributed by atoms with Crippen LogP contribution in [0.3, 0.4) is 0 Å². The number of aromatic nitrogens is 3. The lowest BCUT2D eigenvalue weighted by molar-refractivity contribution is -0.120. The normalized spacial score (nSPS) is 20.7. The topological polar surface area (TPSA) is 92.6 Å². The molecule has 1 N–H and O–H groups in total. The predicted molar refractivity (Wildman–Crippen MR) is 118 cm³/mol. The number of nitrogens with one attached hydrogen (secondary N) is 1. The van der Waals surface area contributed by atoms with Crippen molar-refractivity contribution in [2.24, 2.45) is 0 Å². The first-order chi connectivity index (χ1) is 15.5. The lowest BCUT2D eigenvalue weighted by Gasteiger charge is -2.32. The minimum atomic E-state index is -0.840. The molecule has 2 atom stereocenters. The molecule has 2 amide bonds. The molecule has 1 unspecified atom stereocenters. The van der Waals surface area contributed by atoms with Crippen LogP contribution < -0.4 is 15.0 Å². The summed E-state index contributed by atoms with van der Waals surface area (Å²) in [6.45, 7) is 1.46. The van der Waals surface area contributed by atoms with Gasteiger partial charge in [0.25, 0.3) is 11.8 Å². The number of benzene rings is 2. The fourth-order valence-corrected chi connectivity index (χ4v) is 4.21. The van der Waals surface area contributed by atoms with Crippen LogP contribution in [0.5, 0.6) is 5.75 Å². The second-order valence-electron chi connectivity index (χ2n) is 8.01. The molecule has 1 aromatic heterocycles. The van der Waals surface area contributed by atoms with Gasteiger partial charge in [0.1, 0.15) is 24.2 Å². The number of amides is 2. The number of carbonyl (C=O) groups is 2. The van der Waals surface area contributed by atoms with Gasteiger partial charge in [0.05, 0.1) is 18.3 Å². The van der Waals surface area contributed by atoms with Crippen LogP contribution in [0.4, 0.5) is 5.69 Å². The highest BCUT2D eigenvalue weighted by Gasteiger charge is 2.34. The lowest BCUT2D eigenvalue weighted by atomic mass is 10.0. The molecular weight excluding hydrogens is 408 g/mol. The molecule has 0 spiro atoms. The van der Waals surface area contributed by atoms with E-state index in [1.165, 1.54) is 4.90 Å². The Morgan fingerprint density at radius 2 is 1.81 bits per heavy atom. The van der Waals surface area contributed by atoms with Crippen LogP contribution in [0.25, 0.3) is 0 Å². The number of fused-ring (bicyclic) bond motifs is 2. The van der Waals surface area contributed by atoms with Crippen molar-refractivity contribution >= 4 is 17.5 Å². The van der Waals surface area contributed by atoms with Crippen LogP contribution >= 0.6 is 0 Å². The minimum absolute atomic E-state index is 0.0366. The molecule has 2 aliphatic rings. The summed E-state index contributed by atoms with van der Waals surface area (Å²) in [7, 11) is 3.70. The fourth-order valence-electron chi connectivity index (χ4n) is 4.21. The smallest absolute Gasteiger partial charge is 0.291 e. The van der Waals surface area contributed by atoms with Crippen molar-refractivity contribution in [1.29, 1.82) is 0 Å². The van der Waals surface area contributed by atoms with E-state index < -0.39 is 11.9 Å². The molecule has 164 valence electrons. The Bertz CT molecular complexity index is 1160. The van der Waals surface area contributed by atoms with Crippen LogP contribution in [0.1, 0.15) is 28.0 Å². The number of carbonyl (C=O) groups excluding carboxylic acids is 2. The van der Waals surface area contributed by atoms with Crippen molar-refractivity contribution in [3.8, 4) is 5.75 Å². The number of anilines is 1. The Morgan fingerprint density at radius 3 is 2.62 bits per heavy atom. The van der Waals surface area contributed by atoms with Gasteiger partial charge in [0, 0.05) is 13.6 Å². The zero-order chi connectivity index (χ0) is 22.2. The van der Waals surface area contributed by atoms with Crippen molar-refractivity contribution in [1.82, 2.24) is 25.0 Å². The molecule has 0 saturated carbocycles. The summed E-state index contributed by atoms with van der Waals surface area (Å²) in [5, 5.41) is 7.19. The lowest BCUT2D eigenvalue weighted by Crippen LogP contribution is -2.49. The summed E-state index contributed by atoms with van der Waals surface area (Å²) in [5.74, 6) is 0.609. The number of para-hydroxylation sites is 2. The molecule has 2 aromatic carbocycles. The maximum absolute atomic E-state index is 13.0. The third kappa shape index (κ3) is 3.50. The predicted octanol–water partition coefficient (Wildman–Crippen LogP) is 1.47. The highest BCUT2D eigenvalue weighted by Crippen LogP contribution is 2.31. The largest absolute Gasteiger partial charge is 0.489 e. The molecule has 9 nitrogen and oxygen atoms in total. The highest BCUT2D eigenvalue weighted by molar-refractivity contribution is 6.02. The molecule has 0 fully saturated rings. The highest BCUT2D eigenvalue weighted by atomic mass is 16.5. The Kier molecular flexibility index (Phi) is 5.10. The fraction of sp³-hybridized carbons (Fsp3) is 0.304. The van der Waals surface area contributed by atoms with E-state index in [0.717, 1.165) is 12.1 Å². The van der Waals surface area contributed by atoms with Gasteiger partial charge in [0.2, 0.25) is 5.82 Å². The second-order valence-corrected chi connectivity index (χ2v) is 8.01. The molecular formula is C23H24N6O3. The van der Waals surface area contributed by atoms with Crippen molar-refractivity contribution in [3.63, 3.8) is 0 Å². The third-order valence-corrected chi connectivity index (χ3v) is 5.93. The van der Waals surface area contributed by atoms with Gasteiger partial charge in [-0.05, 0) is 24.7 Å². The summed E-state index contributed by atoms with van der Waals surface area (Å²) in [6.07, 6.45) is 0. The zero-order valence-electron chi connectivity index (χ0n) is 17.9. The third-order valence-electron chi connectivity index (χ3n) is 5.93. The van der Waals surface area contributed by atoms with Gasteiger partial charge in [0.15, 0.2) is 0 Å². The second kappa shape index (κ2) is 8.08. The van der Waals surface area contributed by atoms with E-state index in [-0.39, 0.29) is 24.4 Å². The SMILES string of the molecule is CN1C(=O)[C@@H](NC(=O)c2nc3n(n2)CCN(C)C3c2ccccc2)COc2ccccc21. The van der Waals surface area contributed by atoms with Crippen LogP contribution in [0, 0.1) is 0 Å². The van der Waals surface area contributed by atoms with E-state index in [1.54, 1.807) is 17.8 Å². The monoisotopic (exact) mass is 432 g/mol. The molecule has 3 aromatic rings. The van der Waals surface area contributed by atoms with Gasteiger partial charge >= 0.3 is 0 Å². The number of hydrogen-bond donors (Lipinski definition) is 1. The first-order valence-electron chi connectivity index (χ1n) is 10.5. The standard InChI is InChI=1S/C23H24N6O3/c1-27-12-13-29-21(19(27)15-8-4-3-5-9-15)25-20(26-29)22(30)24-16-14-32-18-11-7-6-10-17(18)28(2)23(16)31/h3-11,16,19H,12-14H2,1-2H3,(H,24,30)/t16-,19?/m0/s1. The van der Waals surface area contributed by atoms with E-state index in [4.69, 9.17) is 4.74 Å². The van der Waals surface area contributed by atoms with Crippen molar-refractivity contribution in [2.75, 3.05) is 32.1 Å². The average molecular weight is 432 g/mol. The first-order valence-corrected chi connectivity index (χ1v) is 10.5. The summed E-state index contributed by atoms with van der Waals surface area (Å²) in [6, 6.07) is 16.4. The van der Waals surface area contributed by atoms with Crippen LogP contribution in [-0.2, 0) is 11.3 Å². The molecule has 3 heterocycles. The quantitative estimate of drug-likeness (QED) is 0.674. The van der Waals surface area contributed by atoms with E-state index in [1.807, 2.05) is 55.6 Å². The average Bonchev–Trinajstić information content (AvgIpc) is 3.21. The number of likely N-dealkylation sites (N-methyl/N-ethyl adjacent to an activating group) is 2. The van der Waals surface area contributed by atoms with E-state index in [9.17, 15) is 9.59 Å². The summed E-state index contributed by atoms with van der Waals surface area (Å²) in [4.78, 5) is 34.2. The van der Waals surface area contributed by atoms with Gasteiger partial charge in [-0.3, -0.25) is 14.5 Å². The number of nitrogens with zero attached hydrogens (tertiary/aromatic N) is 5. The Hall–Kier alpha value is -3.72. The number of hydrogen-bond acceptors (Lipinski definition) is 6. The van der Waals surface area contributed by atoms with Crippen molar-refractivity contribution in [2.45, 2.75) is 18.6 Å². The molecule has 0 bridgehead atoms.